The number of benzene rings is 1. The molecule has 25 heavy (non-hydrogen) atoms. The molecule has 0 fully saturated rings. The Morgan fingerprint density at radius 2 is 1.48 bits per heavy atom. The van der Waals surface area contributed by atoms with Gasteiger partial charge in [0.2, 0.25) is 0 Å². The summed E-state index contributed by atoms with van der Waals surface area (Å²) in [4.78, 5) is 0. The molecule has 0 unspecified atom stereocenters. The fourth-order valence-electron chi connectivity index (χ4n) is 3.01. The van der Waals surface area contributed by atoms with Gasteiger partial charge in [-0.25, -0.2) is 0 Å². The third-order valence-corrected chi connectivity index (χ3v) is 8.61. The molecule has 0 aromatic heterocycles. The third kappa shape index (κ3) is 8.61. The molecule has 0 amide bonds. The summed E-state index contributed by atoms with van der Waals surface area (Å²) in [5, 5.41) is 0.681. The van der Waals surface area contributed by atoms with Gasteiger partial charge in [-0.1, -0.05) is 83.4 Å². The first-order valence-electron chi connectivity index (χ1n) is 10.2. The van der Waals surface area contributed by atoms with Gasteiger partial charge in [-0.05, 0) is 43.1 Å². The van der Waals surface area contributed by atoms with Crippen molar-refractivity contribution in [3.05, 3.63) is 28.8 Å². The molecule has 2 nitrogen and oxygen atoms in total. The van der Waals surface area contributed by atoms with Crippen LogP contribution in [0.3, 0.4) is 0 Å². The molecule has 0 aliphatic heterocycles. The Bertz CT molecular complexity index is 475. The molecule has 0 N–H and O–H groups in total. The number of halogens is 1. The summed E-state index contributed by atoms with van der Waals surface area (Å²) in [7, 11) is -2.21. The molecule has 0 spiro atoms. The number of rotatable bonds is 14. The standard InChI is InChI=1S/C21H37ClO2Si/c1-5-8-9-10-11-12-13-14-17-23-25(6-2,7-3)24-21-18-19(4)15-16-20(21)22/h15-16,18H,5-14,17H2,1-4H3. The molecule has 1 rings (SSSR count). The van der Waals surface area contributed by atoms with Gasteiger partial charge in [-0.2, -0.15) is 0 Å². The first-order valence-corrected chi connectivity index (χ1v) is 12.8. The van der Waals surface area contributed by atoms with Crippen LogP contribution in [0.1, 0.15) is 77.7 Å². The molecule has 0 saturated carbocycles. The highest BCUT2D eigenvalue weighted by molar-refractivity contribution is 6.68. The monoisotopic (exact) mass is 384 g/mol. The van der Waals surface area contributed by atoms with E-state index in [2.05, 4.69) is 27.7 Å². The summed E-state index contributed by atoms with van der Waals surface area (Å²) in [5.74, 6) is 0.785. The summed E-state index contributed by atoms with van der Waals surface area (Å²) in [6, 6.07) is 7.84. The van der Waals surface area contributed by atoms with E-state index in [-0.39, 0.29) is 0 Å². The predicted octanol–water partition coefficient (Wildman–Crippen LogP) is 7.67. The Labute approximate surface area is 161 Å². The van der Waals surface area contributed by atoms with Crippen LogP contribution >= 0.6 is 11.6 Å². The zero-order chi connectivity index (χ0) is 18.5. The normalized spacial score (nSPS) is 11.7. The number of hydrogen-bond acceptors (Lipinski definition) is 2. The van der Waals surface area contributed by atoms with Crippen LogP contribution < -0.4 is 4.43 Å². The lowest BCUT2D eigenvalue weighted by Crippen LogP contribution is -2.44. The summed E-state index contributed by atoms with van der Waals surface area (Å²) in [6.07, 6.45) is 10.5. The molecular formula is C21H37ClO2Si. The highest BCUT2D eigenvalue weighted by atomic mass is 35.5. The van der Waals surface area contributed by atoms with E-state index >= 15 is 0 Å². The van der Waals surface area contributed by atoms with E-state index in [1.807, 2.05) is 18.2 Å². The van der Waals surface area contributed by atoms with Gasteiger partial charge in [-0.15, -0.1) is 0 Å². The number of unbranched alkanes of at least 4 members (excludes halogenated alkanes) is 7. The van der Waals surface area contributed by atoms with Crippen molar-refractivity contribution in [3.8, 4) is 5.75 Å². The molecule has 0 aliphatic rings. The largest absolute Gasteiger partial charge is 0.519 e. The van der Waals surface area contributed by atoms with Gasteiger partial charge in [0, 0.05) is 6.61 Å². The predicted molar refractivity (Wildman–Crippen MR) is 112 cm³/mol. The van der Waals surface area contributed by atoms with Crippen LogP contribution in [0.15, 0.2) is 18.2 Å². The smallest absolute Gasteiger partial charge is 0.398 e. The fourth-order valence-corrected chi connectivity index (χ4v) is 5.57. The molecular weight excluding hydrogens is 348 g/mol. The quantitative estimate of drug-likeness (QED) is 0.242. The Hall–Kier alpha value is -0.513. The zero-order valence-corrected chi connectivity index (χ0v) is 18.5. The summed E-state index contributed by atoms with van der Waals surface area (Å²) in [5.41, 5.74) is 1.16. The average Bonchev–Trinajstić information content (AvgIpc) is 2.62. The molecule has 0 saturated heterocycles. The van der Waals surface area contributed by atoms with Crippen molar-refractivity contribution in [2.45, 2.75) is 91.1 Å². The lowest BCUT2D eigenvalue weighted by Gasteiger charge is -2.30. The van der Waals surface area contributed by atoms with Gasteiger partial charge < -0.3 is 8.85 Å². The highest BCUT2D eigenvalue weighted by Crippen LogP contribution is 2.31. The Kier molecular flexibility index (Phi) is 11.5. The minimum atomic E-state index is -2.21. The van der Waals surface area contributed by atoms with Crippen LogP contribution in [-0.4, -0.2) is 15.2 Å². The second-order valence-corrected chi connectivity index (χ2v) is 11.1. The van der Waals surface area contributed by atoms with Gasteiger partial charge in [-0.3, -0.25) is 0 Å². The number of hydrogen-bond donors (Lipinski definition) is 0. The van der Waals surface area contributed by atoms with E-state index in [0.717, 1.165) is 36.4 Å². The number of aryl methyl sites for hydroxylation is 1. The van der Waals surface area contributed by atoms with Crippen molar-refractivity contribution in [1.29, 1.82) is 0 Å². The molecule has 0 radical (unpaired) electrons. The summed E-state index contributed by atoms with van der Waals surface area (Å²) in [6.45, 7) is 9.49. The Morgan fingerprint density at radius 3 is 2.08 bits per heavy atom. The molecule has 0 heterocycles. The van der Waals surface area contributed by atoms with Crippen LogP contribution in [0, 0.1) is 6.92 Å². The maximum Gasteiger partial charge on any atom is 0.398 e. The van der Waals surface area contributed by atoms with Crippen LogP contribution in [0.2, 0.25) is 17.1 Å². The molecule has 1 aromatic rings. The first-order chi connectivity index (χ1) is 12.1. The van der Waals surface area contributed by atoms with Crippen molar-refractivity contribution in [1.82, 2.24) is 0 Å². The van der Waals surface area contributed by atoms with Gasteiger partial charge in [0.15, 0.2) is 0 Å². The van der Waals surface area contributed by atoms with Crippen LogP contribution in [0.25, 0.3) is 0 Å². The van der Waals surface area contributed by atoms with Crippen molar-refractivity contribution in [3.63, 3.8) is 0 Å². The fraction of sp³-hybridized carbons (Fsp3) is 0.714. The minimum Gasteiger partial charge on any atom is -0.519 e. The van der Waals surface area contributed by atoms with Crippen LogP contribution in [0.4, 0.5) is 0 Å². The maximum absolute atomic E-state index is 6.37. The van der Waals surface area contributed by atoms with Crippen molar-refractivity contribution in [2.24, 2.45) is 0 Å². The maximum atomic E-state index is 6.37. The molecule has 1 aromatic carbocycles. The van der Waals surface area contributed by atoms with E-state index in [0.29, 0.717) is 5.02 Å². The second-order valence-electron chi connectivity index (χ2n) is 6.98. The van der Waals surface area contributed by atoms with E-state index < -0.39 is 8.56 Å². The third-order valence-electron chi connectivity index (χ3n) is 4.82. The van der Waals surface area contributed by atoms with Crippen LogP contribution in [-0.2, 0) is 4.43 Å². The van der Waals surface area contributed by atoms with E-state index in [1.165, 1.54) is 44.9 Å². The lowest BCUT2D eigenvalue weighted by molar-refractivity contribution is 0.230. The zero-order valence-electron chi connectivity index (χ0n) is 16.7. The van der Waals surface area contributed by atoms with Gasteiger partial charge in [0.05, 0.1) is 5.02 Å². The Morgan fingerprint density at radius 1 is 0.880 bits per heavy atom. The lowest BCUT2D eigenvalue weighted by atomic mass is 10.1. The molecule has 144 valence electrons. The van der Waals surface area contributed by atoms with E-state index in [4.69, 9.17) is 20.5 Å². The topological polar surface area (TPSA) is 18.5 Å². The van der Waals surface area contributed by atoms with Crippen molar-refractivity contribution < 1.29 is 8.85 Å². The second kappa shape index (κ2) is 12.8. The summed E-state index contributed by atoms with van der Waals surface area (Å²) < 4.78 is 12.7. The van der Waals surface area contributed by atoms with Gasteiger partial charge in [0.25, 0.3) is 0 Å². The first kappa shape index (κ1) is 22.5. The van der Waals surface area contributed by atoms with E-state index in [9.17, 15) is 0 Å². The van der Waals surface area contributed by atoms with Crippen molar-refractivity contribution in [2.75, 3.05) is 6.61 Å². The molecule has 0 bridgehead atoms. The van der Waals surface area contributed by atoms with Crippen molar-refractivity contribution >= 4 is 20.2 Å². The van der Waals surface area contributed by atoms with Crippen LogP contribution in [0.5, 0.6) is 5.75 Å². The van der Waals surface area contributed by atoms with E-state index in [1.54, 1.807) is 0 Å². The molecule has 0 atom stereocenters. The molecule has 4 heteroatoms. The van der Waals surface area contributed by atoms with Gasteiger partial charge in [0.1, 0.15) is 5.75 Å². The molecule has 0 aliphatic carbocycles. The summed E-state index contributed by atoms with van der Waals surface area (Å²) >= 11 is 6.31. The average molecular weight is 385 g/mol. The Balaban J connectivity index is 2.39. The van der Waals surface area contributed by atoms with Gasteiger partial charge >= 0.3 is 8.56 Å². The minimum absolute atomic E-state index is 0.681. The SMILES string of the molecule is CCCCCCCCCCO[Si](CC)(CC)Oc1cc(C)ccc1Cl. The highest BCUT2D eigenvalue weighted by Gasteiger charge is 2.36.